The molecule has 1 aliphatic heterocycles. The minimum atomic E-state index is -4.77. The molecule has 0 aliphatic carbocycles. The molecule has 1 saturated heterocycles. The second kappa shape index (κ2) is 9.50. The highest BCUT2D eigenvalue weighted by Gasteiger charge is 2.56. The lowest BCUT2D eigenvalue weighted by molar-refractivity contribution is -0.325. The van der Waals surface area contributed by atoms with Crippen molar-refractivity contribution in [2.45, 2.75) is 31.0 Å². The van der Waals surface area contributed by atoms with E-state index in [0.717, 1.165) is 4.90 Å². The van der Waals surface area contributed by atoms with Gasteiger partial charge in [-0.3, -0.25) is 14.5 Å². The van der Waals surface area contributed by atoms with Gasteiger partial charge in [-0.05, 0) is 43.7 Å². The maximum atomic E-state index is 15.2. The van der Waals surface area contributed by atoms with Crippen LogP contribution in [0.3, 0.4) is 0 Å². The van der Waals surface area contributed by atoms with Gasteiger partial charge in [0, 0.05) is 18.3 Å². The van der Waals surface area contributed by atoms with Crippen molar-refractivity contribution in [1.82, 2.24) is 9.88 Å². The van der Waals surface area contributed by atoms with Crippen molar-refractivity contribution in [3.05, 3.63) is 53.9 Å². The summed E-state index contributed by atoms with van der Waals surface area (Å²) in [5.41, 5.74) is -1.17. The van der Waals surface area contributed by atoms with Crippen LogP contribution in [0, 0.1) is 0 Å². The molecule has 6 nitrogen and oxygen atoms in total. The fourth-order valence-electron chi connectivity index (χ4n) is 3.62. The maximum Gasteiger partial charge on any atom is 0.522 e. The summed E-state index contributed by atoms with van der Waals surface area (Å²) >= 11 is 0. The highest BCUT2D eigenvalue weighted by molar-refractivity contribution is 5.95. The summed E-state index contributed by atoms with van der Waals surface area (Å²) < 4.78 is 80.4. The summed E-state index contributed by atoms with van der Waals surface area (Å²) in [4.78, 5) is 18.1. The number of alkyl halides is 5. The van der Waals surface area contributed by atoms with Gasteiger partial charge in [0.2, 0.25) is 0 Å². The third kappa shape index (κ3) is 5.52. The van der Waals surface area contributed by atoms with E-state index >= 15 is 8.78 Å². The number of hydrogen-bond acceptors (Lipinski definition) is 5. The normalized spacial score (nSPS) is 20.4. The third-order valence-corrected chi connectivity index (χ3v) is 5.61. The molecule has 1 aromatic heterocycles. The number of carbonyl (C=O) groups excluding carboxylic acids is 1. The predicted molar refractivity (Wildman–Crippen MR) is 108 cm³/mol. The van der Waals surface area contributed by atoms with E-state index in [1.807, 2.05) is 0 Å². The standard InChI is InChI=1S/C22H23F5N2O4/c1-20(18-5-3-4-9-28-18)8-10-29(14-21(20,23)24)19(30)15-6-7-16(17(13-15)31-2)32-11-12-33-22(25,26)27/h3-7,9,13H,8,10-12,14H2,1-2H3. The summed E-state index contributed by atoms with van der Waals surface area (Å²) in [5.74, 6) is -3.68. The largest absolute Gasteiger partial charge is 0.522 e. The number of hydrogen-bond donors (Lipinski definition) is 0. The molecule has 1 amide bonds. The molecule has 180 valence electrons. The van der Waals surface area contributed by atoms with Gasteiger partial charge in [-0.15, -0.1) is 13.2 Å². The Balaban J connectivity index is 1.70. The lowest BCUT2D eigenvalue weighted by atomic mass is 9.74. The Morgan fingerprint density at radius 3 is 2.52 bits per heavy atom. The SMILES string of the molecule is COc1cc(C(=O)N2CCC(C)(c3ccccn3)C(F)(F)C2)ccc1OCCOC(F)(F)F. The molecule has 1 unspecified atom stereocenters. The fraction of sp³-hybridized carbons (Fsp3) is 0.455. The molecule has 33 heavy (non-hydrogen) atoms. The number of rotatable bonds is 7. The van der Waals surface area contributed by atoms with E-state index in [0.29, 0.717) is 0 Å². The number of pyridine rings is 1. The number of piperidine rings is 1. The van der Waals surface area contributed by atoms with Gasteiger partial charge in [0.05, 0.1) is 31.4 Å². The number of amides is 1. The molecule has 0 spiro atoms. The smallest absolute Gasteiger partial charge is 0.493 e. The molecule has 0 bridgehead atoms. The Labute approximate surface area is 187 Å². The second-order valence-corrected chi connectivity index (χ2v) is 7.74. The summed E-state index contributed by atoms with van der Waals surface area (Å²) in [5, 5.41) is 0. The van der Waals surface area contributed by atoms with Crippen LogP contribution in [0.2, 0.25) is 0 Å². The van der Waals surface area contributed by atoms with Gasteiger partial charge in [0.1, 0.15) is 6.61 Å². The number of halogens is 5. The van der Waals surface area contributed by atoms with E-state index in [4.69, 9.17) is 9.47 Å². The van der Waals surface area contributed by atoms with Crippen LogP contribution in [0.1, 0.15) is 29.4 Å². The zero-order chi connectivity index (χ0) is 24.3. The van der Waals surface area contributed by atoms with Gasteiger partial charge in [-0.2, -0.15) is 0 Å². The number of methoxy groups -OCH3 is 1. The number of ether oxygens (including phenoxy) is 3. The molecule has 2 aromatic rings. The van der Waals surface area contributed by atoms with Crippen LogP contribution in [0.4, 0.5) is 22.0 Å². The number of nitrogens with zero attached hydrogens (tertiary/aromatic N) is 2. The molecular weight excluding hydrogens is 451 g/mol. The van der Waals surface area contributed by atoms with Crippen molar-refractivity contribution in [3.8, 4) is 11.5 Å². The first-order valence-electron chi connectivity index (χ1n) is 10.1. The number of aromatic nitrogens is 1. The number of likely N-dealkylation sites (tertiary alicyclic amines) is 1. The van der Waals surface area contributed by atoms with Gasteiger partial charge >= 0.3 is 6.36 Å². The molecule has 0 N–H and O–H groups in total. The lowest BCUT2D eigenvalue weighted by Crippen LogP contribution is -2.58. The van der Waals surface area contributed by atoms with E-state index in [2.05, 4.69) is 9.72 Å². The first-order valence-corrected chi connectivity index (χ1v) is 10.1. The molecule has 1 atom stereocenters. The highest BCUT2D eigenvalue weighted by Crippen LogP contribution is 2.45. The van der Waals surface area contributed by atoms with Crippen LogP contribution >= 0.6 is 0 Å². The van der Waals surface area contributed by atoms with Gasteiger partial charge in [0.15, 0.2) is 11.5 Å². The lowest BCUT2D eigenvalue weighted by Gasteiger charge is -2.45. The topological polar surface area (TPSA) is 60.9 Å². The van der Waals surface area contributed by atoms with E-state index in [9.17, 15) is 18.0 Å². The highest BCUT2D eigenvalue weighted by atomic mass is 19.4. The molecule has 2 heterocycles. The van der Waals surface area contributed by atoms with E-state index in [-0.39, 0.29) is 35.7 Å². The molecular formula is C22H23F5N2O4. The minimum absolute atomic E-state index is 0.0142. The molecule has 0 radical (unpaired) electrons. The summed E-state index contributed by atoms with van der Waals surface area (Å²) in [6.45, 7) is -0.390. The summed E-state index contributed by atoms with van der Waals surface area (Å²) in [6, 6.07) is 8.82. The van der Waals surface area contributed by atoms with E-state index in [1.165, 1.54) is 38.4 Å². The molecule has 1 aliphatic rings. The van der Waals surface area contributed by atoms with Crippen molar-refractivity contribution < 1.29 is 41.0 Å². The molecule has 1 aromatic carbocycles. The number of benzene rings is 1. The van der Waals surface area contributed by atoms with Crippen LogP contribution in [0.15, 0.2) is 42.6 Å². The minimum Gasteiger partial charge on any atom is -0.493 e. The van der Waals surface area contributed by atoms with Crippen molar-refractivity contribution in [3.63, 3.8) is 0 Å². The Kier molecular flexibility index (Phi) is 7.11. The Bertz CT molecular complexity index is 971. The van der Waals surface area contributed by atoms with Gasteiger partial charge < -0.3 is 14.4 Å². The average molecular weight is 474 g/mol. The Morgan fingerprint density at radius 1 is 1.15 bits per heavy atom. The van der Waals surface area contributed by atoms with E-state index < -0.39 is 43.4 Å². The zero-order valence-electron chi connectivity index (χ0n) is 18.0. The molecule has 1 fully saturated rings. The maximum absolute atomic E-state index is 15.2. The third-order valence-electron chi connectivity index (χ3n) is 5.61. The van der Waals surface area contributed by atoms with Crippen molar-refractivity contribution >= 4 is 5.91 Å². The molecule has 0 saturated carbocycles. The van der Waals surface area contributed by atoms with Gasteiger partial charge in [-0.25, -0.2) is 8.78 Å². The van der Waals surface area contributed by atoms with Crippen molar-refractivity contribution in [2.24, 2.45) is 0 Å². The molecule has 3 rings (SSSR count). The van der Waals surface area contributed by atoms with Crippen molar-refractivity contribution in [1.29, 1.82) is 0 Å². The number of carbonyl (C=O) groups is 1. The fourth-order valence-corrected chi connectivity index (χ4v) is 3.62. The molecule has 11 heteroatoms. The van der Waals surface area contributed by atoms with E-state index in [1.54, 1.807) is 18.2 Å². The van der Waals surface area contributed by atoms with Crippen LogP contribution in [0.25, 0.3) is 0 Å². The summed E-state index contributed by atoms with van der Waals surface area (Å²) in [7, 11) is 1.29. The van der Waals surface area contributed by atoms with Gasteiger partial charge in [-0.1, -0.05) is 6.07 Å². The second-order valence-electron chi connectivity index (χ2n) is 7.74. The van der Waals surface area contributed by atoms with Crippen LogP contribution in [-0.2, 0) is 10.2 Å². The quantitative estimate of drug-likeness (QED) is 0.439. The van der Waals surface area contributed by atoms with Crippen molar-refractivity contribution in [2.75, 3.05) is 33.4 Å². The van der Waals surface area contributed by atoms with Crippen LogP contribution < -0.4 is 9.47 Å². The summed E-state index contributed by atoms with van der Waals surface area (Å²) in [6.07, 6.45) is -3.30. The Hall–Kier alpha value is -2.95. The first kappa shape index (κ1) is 24.7. The zero-order valence-corrected chi connectivity index (χ0v) is 18.0. The van der Waals surface area contributed by atoms with Crippen LogP contribution in [0.5, 0.6) is 11.5 Å². The van der Waals surface area contributed by atoms with Gasteiger partial charge in [0.25, 0.3) is 11.8 Å². The average Bonchev–Trinajstić information content (AvgIpc) is 2.78. The first-order chi connectivity index (χ1) is 15.5. The monoisotopic (exact) mass is 474 g/mol. The predicted octanol–water partition coefficient (Wildman–Crippen LogP) is 4.44. The van der Waals surface area contributed by atoms with Crippen LogP contribution in [-0.4, -0.2) is 61.5 Å². The Morgan fingerprint density at radius 2 is 1.91 bits per heavy atom.